The molecule has 2 rings (SSSR count). The molecule has 7 nitrogen and oxygen atoms in total. The molecule has 2 heterocycles. The Morgan fingerprint density at radius 2 is 2.26 bits per heavy atom. The average molecular weight is 286 g/mol. The first-order chi connectivity index (χ1) is 8.95. The number of carbonyl (C=O) groups is 1. The van der Waals surface area contributed by atoms with E-state index in [4.69, 9.17) is 0 Å². The van der Waals surface area contributed by atoms with E-state index in [0.717, 1.165) is 0 Å². The first-order valence-electron chi connectivity index (χ1n) is 6.15. The van der Waals surface area contributed by atoms with E-state index in [1.165, 1.54) is 16.8 Å². The van der Waals surface area contributed by atoms with E-state index >= 15 is 0 Å². The lowest BCUT2D eigenvalue weighted by Gasteiger charge is -2.30. The van der Waals surface area contributed by atoms with Crippen molar-refractivity contribution in [1.82, 2.24) is 19.2 Å². The van der Waals surface area contributed by atoms with E-state index in [1.807, 2.05) is 0 Å². The van der Waals surface area contributed by atoms with E-state index in [2.05, 4.69) is 10.3 Å². The highest BCUT2D eigenvalue weighted by Crippen LogP contribution is 2.22. The summed E-state index contributed by atoms with van der Waals surface area (Å²) in [5.74, 6) is -0.391. The number of aromatic nitrogens is 2. The summed E-state index contributed by atoms with van der Waals surface area (Å²) in [6.07, 6.45) is 4.32. The van der Waals surface area contributed by atoms with Gasteiger partial charge in [0, 0.05) is 33.4 Å². The van der Waals surface area contributed by atoms with Crippen molar-refractivity contribution in [3.05, 3.63) is 12.5 Å². The third kappa shape index (κ3) is 2.79. The van der Waals surface area contributed by atoms with E-state index in [-0.39, 0.29) is 23.4 Å². The standard InChI is InChI=1S/C11H18N4O3S/c1-12-11(16)9-4-3-5-15(6-9)19(17,18)10-7-14(2)8-13-10/h7-9H,3-6H2,1-2H3,(H,12,16)/t9-/m0/s1. The zero-order chi connectivity index (χ0) is 14.0. The predicted molar refractivity (Wildman–Crippen MR) is 68.8 cm³/mol. The SMILES string of the molecule is CNC(=O)[C@H]1CCCN(S(=O)(=O)c2cn(C)cn2)C1. The summed E-state index contributed by atoms with van der Waals surface area (Å²) >= 11 is 0. The summed E-state index contributed by atoms with van der Waals surface area (Å²) in [7, 11) is -0.313. The molecule has 0 saturated carbocycles. The fourth-order valence-electron chi connectivity index (χ4n) is 2.23. The first-order valence-corrected chi connectivity index (χ1v) is 7.59. The highest BCUT2D eigenvalue weighted by molar-refractivity contribution is 7.89. The van der Waals surface area contributed by atoms with Gasteiger partial charge in [-0.15, -0.1) is 0 Å². The topological polar surface area (TPSA) is 84.3 Å². The Morgan fingerprint density at radius 1 is 1.53 bits per heavy atom. The van der Waals surface area contributed by atoms with Gasteiger partial charge in [0.15, 0.2) is 5.03 Å². The van der Waals surface area contributed by atoms with Gasteiger partial charge in [-0.2, -0.15) is 4.31 Å². The molecule has 0 bridgehead atoms. The molecule has 1 aromatic rings. The van der Waals surface area contributed by atoms with Gasteiger partial charge in [-0.1, -0.05) is 0 Å². The number of nitrogens with one attached hydrogen (secondary N) is 1. The Morgan fingerprint density at radius 3 is 2.84 bits per heavy atom. The Bertz CT molecular complexity index is 566. The van der Waals surface area contributed by atoms with Crippen LogP contribution < -0.4 is 5.32 Å². The van der Waals surface area contributed by atoms with Gasteiger partial charge in [0.05, 0.1) is 12.2 Å². The molecule has 19 heavy (non-hydrogen) atoms. The number of nitrogens with zero attached hydrogens (tertiary/aromatic N) is 3. The lowest BCUT2D eigenvalue weighted by atomic mass is 9.99. The van der Waals surface area contributed by atoms with Gasteiger partial charge in [-0.3, -0.25) is 4.79 Å². The number of piperidine rings is 1. The molecule has 1 saturated heterocycles. The van der Waals surface area contributed by atoms with Gasteiger partial charge >= 0.3 is 0 Å². The minimum atomic E-state index is -3.59. The van der Waals surface area contributed by atoms with Crippen molar-refractivity contribution in [1.29, 1.82) is 0 Å². The summed E-state index contributed by atoms with van der Waals surface area (Å²) in [4.78, 5) is 15.5. The van der Waals surface area contributed by atoms with Gasteiger partial charge in [0.2, 0.25) is 5.91 Å². The normalized spacial score (nSPS) is 21.3. The molecule has 1 fully saturated rings. The molecular weight excluding hydrogens is 268 g/mol. The average Bonchev–Trinajstić information content (AvgIpc) is 2.85. The number of carbonyl (C=O) groups excluding carboxylic acids is 1. The minimum absolute atomic E-state index is 0.0348. The molecule has 0 aliphatic carbocycles. The van der Waals surface area contributed by atoms with Crippen LogP contribution >= 0.6 is 0 Å². The fraction of sp³-hybridized carbons (Fsp3) is 0.636. The van der Waals surface area contributed by atoms with Crippen molar-refractivity contribution >= 4 is 15.9 Å². The number of aryl methyl sites for hydroxylation is 1. The molecule has 0 unspecified atom stereocenters. The van der Waals surface area contributed by atoms with Crippen LogP contribution in [0.1, 0.15) is 12.8 Å². The van der Waals surface area contributed by atoms with Crippen molar-refractivity contribution < 1.29 is 13.2 Å². The van der Waals surface area contributed by atoms with Gasteiger partial charge < -0.3 is 9.88 Å². The number of hydrogen-bond acceptors (Lipinski definition) is 4. The highest BCUT2D eigenvalue weighted by atomic mass is 32.2. The van der Waals surface area contributed by atoms with Crippen molar-refractivity contribution in [2.45, 2.75) is 17.9 Å². The third-order valence-electron chi connectivity index (χ3n) is 3.29. The Balaban J connectivity index is 2.19. The van der Waals surface area contributed by atoms with Crippen molar-refractivity contribution in [3.8, 4) is 0 Å². The lowest BCUT2D eigenvalue weighted by molar-refractivity contribution is -0.125. The monoisotopic (exact) mass is 286 g/mol. The zero-order valence-electron chi connectivity index (χ0n) is 11.0. The largest absolute Gasteiger partial charge is 0.359 e. The minimum Gasteiger partial charge on any atom is -0.359 e. The number of amides is 1. The van der Waals surface area contributed by atoms with Crippen LogP contribution in [-0.2, 0) is 21.9 Å². The Kier molecular flexibility index (Phi) is 3.91. The molecule has 106 valence electrons. The quantitative estimate of drug-likeness (QED) is 0.817. The van der Waals surface area contributed by atoms with Gasteiger partial charge in [0.1, 0.15) is 0 Å². The van der Waals surface area contributed by atoms with E-state index in [1.54, 1.807) is 18.7 Å². The molecule has 0 aromatic carbocycles. The second kappa shape index (κ2) is 5.30. The zero-order valence-corrected chi connectivity index (χ0v) is 11.9. The van der Waals surface area contributed by atoms with Crippen LogP contribution in [0.15, 0.2) is 17.6 Å². The summed E-state index contributed by atoms with van der Waals surface area (Å²) in [5.41, 5.74) is 0. The number of imidazole rings is 1. The predicted octanol–water partition coefficient (Wildman–Crippen LogP) is -0.433. The Hall–Kier alpha value is -1.41. The number of rotatable bonds is 3. The maximum Gasteiger partial charge on any atom is 0.262 e. The van der Waals surface area contributed by atoms with Gasteiger partial charge in [-0.25, -0.2) is 13.4 Å². The highest BCUT2D eigenvalue weighted by Gasteiger charge is 2.33. The molecular formula is C11H18N4O3S. The summed E-state index contributed by atoms with van der Waals surface area (Å²) in [5, 5.41) is 2.61. The summed E-state index contributed by atoms with van der Waals surface area (Å²) in [6, 6.07) is 0. The number of sulfonamides is 1. The molecule has 0 radical (unpaired) electrons. The van der Waals surface area contributed by atoms with Crippen LogP contribution in [0.2, 0.25) is 0 Å². The molecule has 1 aliphatic rings. The first kappa shape index (κ1) is 14.0. The third-order valence-corrected chi connectivity index (χ3v) is 5.04. The van der Waals surface area contributed by atoms with Crippen molar-refractivity contribution in [2.75, 3.05) is 20.1 Å². The van der Waals surface area contributed by atoms with Gasteiger partial charge in [-0.05, 0) is 12.8 Å². The maximum atomic E-state index is 12.4. The van der Waals surface area contributed by atoms with E-state index < -0.39 is 10.0 Å². The second-order valence-corrected chi connectivity index (χ2v) is 6.58. The Labute approximate surface area is 112 Å². The molecule has 1 aliphatic heterocycles. The van der Waals surface area contributed by atoms with Crippen molar-refractivity contribution in [3.63, 3.8) is 0 Å². The fourth-order valence-corrected chi connectivity index (χ4v) is 3.72. The van der Waals surface area contributed by atoms with E-state index in [9.17, 15) is 13.2 Å². The van der Waals surface area contributed by atoms with Crippen LogP contribution in [0.5, 0.6) is 0 Å². The van der Waals surface area contributed by atoms with Crippen molar-refractivity contribution in [2.24, 2.45) is 13.0 Å². The van der Waals surface area contributed by atoms with Crippen LogP contribution in [-0.4, -0.2) is 48.3 Å². The molecule has 8 heteroatoms. The molecule has 1 aromatic heterocycles. The molecule has 0 spiro atoms. The van der Waals surface area contributed by atoms with Crippen LogP contribution in [0.3, 0.4) is 0 Å². The van der Waals surface area contributed by atoms with Crippen LogP contribution in [0.4, 0.5) is 0 Å². The van der Waals surface area contributed by atoms with Crippen LogP contribution in [0, 0.1) is 5.92 Å². The molecule has 1 atom stereocenters. The smallest absolute Gasteiger partial charge is 0.262 e. The van der Waals surface area contributed by atoms with E-state index in [0.29, 0.717) is 19.4 Å². The molecule has 1 amide bonds. The van der Waals surface area contributed by atoms with Gasteiger partial charge in [0.25, 0.3) is 10.0 Å². The maximum absolute atomic E-state index is 12.4. The molecule has 1 N–H and O–H groups in total. The summed E-state index contributed by atoms with van der Waals surface area (Å²) in [6.45, 7) is 0.658. The summed E-state index contributed by atoms with van der Waals surface area (Å²) < 4.78 is 27.7. The lowest BCUT2D eigenvalue weighted by Crippen LogP contribution is -2.44. The van der Waals surface area contributed by atoms with Crippen LogP contribution in [0.25, 0.3) is 0 Å². The number of hydrogen-bond donors (Lipinski definition) is 1. The second-order valence-electron chi connectivity index (χ2n) is 4.69.